The number of halogens is 1. The van der Waals surface area contributed by atoms with Gasteiger partial charge in [-0.05, 0) is 13.8 Å². The van der Waals surface area contributed by atoms with Crippen LogP contribution in [0.1, 0.15) is 13.8 Å². The molecule has 15 heavy (non-hydrogen) atoms. The number of carbonyl (C=O) groups excluding carboxylic acids is 1. The number of nitrogens with zero attached hydrogens (tertiary/aromatic N) is 1. The molecule has 90 valence electrons. The Kier molecular flexibility index (Phi) is 7.66. The molecule has 0 heterocycles. The van der Waals surface area contributed by atoms with Crippen molar-refractivity contribution in [3.63, 3.8) is 0 Å². The molecule has 0 aliphatic heterocycles. The highest BCUT2D eigenvalue weighted by Gasteiger charge is 2.13. The Balaban J connectivity index is 0. The molecule has 1 N–H and O–H groups in total. The highest BCUT2D eigenvalue weighted by Crippen LogP contribution is 1.97. The summed E-state index contributed by atoms with van der Waals surface area (Å²) < 4.78 is 5.73. The van der Waals surface area contributed by atoms with Gasteiger partial charge in [0.25, 0.3) is 0 Å². The van der Waals surface area contributed by atoms with Crippen molar-refractivity contribution >= 4 is 18.4 Å². The number of hydrogen-bond donors (Lipinski definition) is 1. The van der Waals surface area contributed by atoms with E-state index in [1.807, 2.05) is 28.1 Å². The SMILES string of the molecule is C=C(C)C(=O)OC(C)CN[N+](C)(C)C.Cl. The molecular weight excluding hydrogens is 216 g/mol. The van der Waals surface area contributed by atoms with Gasteiger partial charge in [0.05, 0.1) is 27.7 Å². The lowest BCUT2D eigenvalue weighted by Crippen LogP contribution is -2.50. The number of ether oxygens (including phenoxy) is 1. The molecule has 0 bridgehead atoms. The van der Waals surface area contributed by atoms with Crippen molar-refractivity contribution in [1.82, 2.24) is 5.43 Å². The van der Waals surface area contributed by atoms with E-state index in [2.05, 4.69) is 12.0 Å². The minimum absolute atomic E-state index is 0. The molecule has 1 atom stereocenters. The highest BCUT2D eigenvalue weighted by atomic mass is 35.5. The highest BCUT2D eigenvalue weighted by molar-refractivity contribution is 5.87. The van der Waals surface area contributed by atoms with Crippen LogP contribution in [0.4, 0.5) is 0 Å². The van der Waals surface area contributed by atoms with E-state index in [-0.39, 0.29) is 24.5 Å². The van der Waals surface area contributed by atoms with Gasteiger partial charge in [0.15, 0.2) is 0 Å². The molecule has 0 aliphatic rings. The molecule has 0 aromatic heterocycles. The number of hydrogen-bond acceptors (Lipinski definition) is 3. The van der Waals surface area contributed by atoms with Crippen molar-refractivity contribution in [3.05, 3.63) is 12.2 Å². The Bertz CT molecular complexity index is 224. The maximum absolute atomic E-state index is 11.1. The van der Waals surface area contributed by atoms with E-state index in [0.717, 1.165) is 0 Å². The summed E-state index contributed by atoms with van der Waals surface area (Å²) in [5.74, 6) is -0.333. The zero-order valence-corrected chi connectivity index (χ0v) is 11.0. The Hall–Kier alpha value is -0.580. The molecule has 0 spiro atoms. The summed E-state index contributed by atoms with van der Waals surface area (Å²) >= 11 is 0. The largest absolute Gasteiger partial charge is 0.458 e. The lowest BCUT2D eigenvalue weighted by Gasteiger charge is -2.25. The number of nitrogens with one attached hydrogen (secondary N) is 1. The predicted molar refractivity (Wildman–Crippen MR) is 63.7 cm³/mol. The van der Waals surface area contributed by atoms with Crippen LogP contribution in [0.2, 0.25) is 0 Å². The van der Waals surface area contributed by atoms with E-state index in [0.29, 0.717) is 16.7 Å². The summed E-state index contributed by atoms with van der Waals surface area (Å²) in [5, 5.41) is 0. The van der Waals surface area contributed by atoms with Crippen molar-refractivity contribution in [3.8, 4) is 0 Å². The standard InChI is InChI=1S/C10H21N2O2.ClH/c1-8(2)10(13)14-9(3)7-11-12(4,5)6;/h9,11H,1,7H2,2-6H3;1H/q+1;. The number of quaternary nitrogens is 1. The molecule has 0 saturated heterocycles. The normalized spacial score (nSPS) is 12.6. The summed E-state index contributed by atoms with van der Waals surface area (Å²) in [4.78, 5) is 11.1. The average Bonchev–Trinajstić information content (AvgIpc) is 1.99. The van der Waals surface area contributed by atoms with Crippen molar-refractivity contribution in [2.24, 2.45) is 0 Å². The van der Waals surface area contributed by atoms with Crippen LogP contribution in [0.25, 0.3) is 0 Å². The Morgan fingerprint density at radius 2 is 1.93 bits per heavy atom. The fraction of sp³-hybridized carbons (Fsp3) is 0.700. The van der Waals surface area contributed by atoms with Crippen LogP contribution in [0.5, 0.6) is 0 Å². The van der Waals surface area contributed by atoms with Crippen LogP contribution in [-0.4, -0.2) is 44.4 Å². The summed E-state index contributed by atoms with van der Waals surface area (Å²) in [6, 6.07) is 0. The van der Waals surface area contributed by atoms with Gasteiger partial charge in [-0.3, -0.25) is 4.59 Å². The lowest BCUT2D eigenvalue weighted by atomic mass is 10.3. The maximum Gasteiger partial charge on any atom is 0.333 e. The quantitative estimate of drug-likeness (QED) is 0.337. The van der Waals surface area contributed by atoms with Crippen molar-refractivity contribution < 1.29 is 14.1 Å². The fourth-order valence-corrected chi connectivity index (χ4v) is 0.727. The molecule has 0 aromatic carbocycles. The third-order valence-corrected chi connectivity index (χ3v) is 1.51. The third kappa shape index (κ3) is 9.72. The molecule has 0 rings (SSSR count). The first kappa shape index (κ1) is 16.8. The monoisotopic (exact) mass is 237 g/mol. The van der Waals surface area contributed by atoms with E-state index in [4.69, 9.17) is 4.74 Å². The first-order valence-corrected chi connectivity index (χ1v) is 4.65. The number of carbonyl (C=O) groups is 1. The van der Waals surface area contributed by atoms with Gasteiger partial charge >= 0.3 is 5.97 Å². The van der Waals surface area contributed by atoms with Crippen LogP contribution < -0.4 is 5.43 Å². The average molecular weight is 238 g/mol. The van der Waals surface area contributed by atoms with Crippen molar-refractivity contribution in [2.45, 2.75) is 20.0 Å². The van der Waals surface area contributed by atoms with E-state index in [1.165, 1.54) is 0 Å². The Morgan fingerprint density at radius 1 is 1.47 bits per heavy atom. The molecule has 0 aliphatic carbocycles. The second-order valence-corrected chi connectivity index (χ2v) is 4.37. The molecule has 0 radical (unpaired) electrons. The Labute approximate surface area is 98.3 Å². The minimum atomic E-state index is -0.333. The first-order valence-electron chi connectivity index (χ1n) is 4.65. The van der Waals surface area contributed by atoms with Crippen LogP contribution in [0.3, 0.4) is 0 Å². The number of esters is 1. The second-order valence-electron chi connectivity index (χ2n) is 4.37. The molecule has 0 aromatic rings. The van der Waals surface area contributed by atoms with Gasteiger partial charge < -0.3 is 4.74 Å². The molecule has 5 heteroatoms. The van der Waals surface area contributed by atoms with Gasteiger partial charge in [0.2, 0.25) is 0 Å². The fourth-order valence-electron chi connectivity index (χ4n) is 0.727. The molecule has 0 amide bonds. The topological polar surface area (TPSA) is 38.3 Å². The van der Waals surface area contributed by atoms with E-state index < -0.39 is 0 Å². The van der Waals surface area contributed by atoms with Gasteiger partial charge in [0.1, 0.15) is 6.10 Å². The van der Waals surface area contributed by atoms with E-state index in [1.54, 1.807) is 6.92 Å². The van der Waals surface area contributed by atoms with Crippen molar-refractivity contribution in [2.75, 3.05) is 27.7 Å². The summed E-state index contributed by atoms with van der Waals surface area (Å²) in [6.07, 6.45) is -0.142. The number of rotatable bonds is 5. The molecule has 4 nitrogen and oxygen atoms in total. The summed E-state index contributed by atoms with van der Waals surface area (Å²) in [6.45, 7) is 7.64. The predicted octanol–water partition coefficient (Wildman–Crippen LogP) is 1.13. The smallest absolute Gasteiger partial charge is 0.333 e. The Morgan fingerprint density at radius 3 is 2.27 bits per heavy atom. The second kappa shape index (κ2) is 6.82. The first-order chi connectivity index (χ1) is 6.22. The summed E-state index contributed by atoms with van der Waals surface area (Å²) in [7, 11) is 6.02. The van der Waals surface area contributed by atoms with Gasteiger partial charge in [-0.2, -0.15) is 5.43 Å². The molecular formula is C10H22ClN2O2+. The van der Waals surface area contributed by atoms with Crippen LogP contribution >= 0.6 is 12.4 Å². The molecule has 0 saturated carbocycles. The zero-order chi connectivity index (χ0) is 11.4. The van der Waals surface area contributed by atoms with Crippen LogP contribution in [0, 0.1) is 0 Å². The van der Waals surface area contributed by atoms with E-state index >= 15 is 0 Å². The zero-order valence-electron chi connectivity index (χ0n) is 10.2. The molecule has 1 unspecified atom stereocenters. The van der Waals surface area contributed by atoms with Gasteiger partial charge in [-0.25, -0.2) is 4.79 Å². The van der Waals surface area contributed by atoms with E-state index in [9.17, 15) is 4.79 Å². The lowest BCUT2D eigenvalue weighted by molar-refractivity contribution is -0.915. The molecule has 0 fully saturated rings. The third-order valence-electron chi connectivity index (χ3n) is 1.51. The van der Waals surface area contributed by atoms with Crippen molar-refractivity contribution in [1.29, 1.82) is 0 Å². The maximum atomic E-state index is 11.1. The van der Waals surface area contributed by atoms with Crippen LogP contribution in [-0.2, 0) is 9.53 Å². The van der Waals surface area contributed by atoms with Crippen LogP contribution in [0.15, 0.2) is 12.2 Å². The summed E-state index contributed by atoms with van der Waals surface area (Å²) in [5.41, 5.74) is 3.63. The van der Waals surface area contributed by atoms with Gasteiger partial charge in [0, 0.05) is 5.57 Å². The minimum Gasteiger partial charge on any atom is -0.458 e. The van der Waals surface area contributed by atoms with Gasteiger partial charge in [-0.15, -0.1) is 12.4 Å². The van der Waals surface area contributed by atoms with Gasteiger partial charge in [-0.1, -0.05) is 6.58 Å².